The fourth-order valence-electron chi connectivity index (χ4n) is 1.21. The van der Waals surface area contributed by atoms with Gasteiger partial charge >= 0.3 is 0 Å². The van der Waals surface area contributed by atoms with E-state index in [2.05, 4.69) is 27.1 Å². The van der Waals surface area contributed by atoms with Crippen LogP contribution in [0.1, 0.15) is 20.8 Å². The van der Waals surface area contributed by atoms with Gasteiger partial charge < -0.3 is 8.91 Å². The third-order valence-electron chi connectivity index (χ3n) is 2.56. The van der Waals surface area contributed by atoms with Crippen molar-refractivity contribution in [1.29, 1.82) is 0 Å². The number of hydrogen-bond donors (Lipinski definition) is 0. The molecule has 0 amide bonds. The molecule has 0 heterocycles. The Kier molecular flexibility index (Phi) is 5.12. The molecule has 0 saturated carbocycles. The average Bonchev–Trinajstić information content (AvgIpc) is 2.08. The number of carbonyl (C=O) groups excluding carboxylic acids is 1. The maximum absolute atomic E-state index is 4.84. The largest absolute Gasteiger partial charge is 0.454 e. The number of rotatable bonds is 5. The second-order valence-electron chi connectivity index (χ2n) is 2.80. The Morgan fingerprint density at radius 1 is 1.09 bits per heavy atom. The molecule has 0 atom stereocenters. The van der Waals surface area contributed by atoms with Gasteiger partial charge in [0, 0.05) is 12.8 Å². The minimum absolute atomic E-state index is 0.903. The van der Waals surface area contributed by atoms with Crippen LogP contribution in [0.3, 0.4) is 0 Å². The van der Waals surface area contributed by atoms with Crippen molar-refractivity contribution in [3.05, 3.63) is 0 Å². The number of quaternary nitrogens is 1. The van der Waals surface area contributed by atoms with E-state index in [1.54, 1.807) is 7.11 Å². The van der Waals surface area contributed by atoms with Crippen LogP contribution in [0.2, 0.25) is 0 Å². The lowest BCUT2D eigenvalue weighted by Gasteiger charge is -2.36. The average molecular weight is 158 g/mol. The van der Waals surface area contributed by atoms with Crippen molar-refractivity contribution in [2.45, 2.75) is 20.8 Å². The van der Waals surface area contributed by atoms with E-state index < -0.39 is 0 Å². The van der Waals surface area contributed by atoms with Crippen LogP contribution in [0.15, 0.2) is 0 Å². The zero-order valence-electron chi connectivity index (χ0n) is 8.18. The van der Waals surface area contributed by atoms with Crippen LogP contribution in [0.25, 0.3) is 0 Å². The lowest BCUT2D eigenvalue weighted by molar-refractivity contribution is -0.914. The number of hydrogen-bond acceptors (Lipinski definition) is 0. The molecule has 0 rings (SSSR count). The summed E-state index contributed by atoms with van der Waals surface area (Å²) in [6, 6.07) is 0. The van der Waals surface area contributed by atoms with Crippen LogP contribution < -0.4 is 0 Å². The Morgan fingerprint density at radius 2 is 1.55 bits per heavy atom. The molecule has 0 aromatic carbocycles. The van der Waals surface area contributed by atoms with E-state index in [-0.39, 0.29) is 0 Å². The van der Waals surface area contributed by atoms with Gasteiger partial charge in [0.2, 0.25) is 7.11 Å². The highest BCUT2D eigenvalue weighted by Gasteiger charge is 2.15. The van der Waals surface area contributed by atoms with Crippen LogP contribution in [-0.2, 0) is 4.42 Å². The van der Waals surface area contributed by atoms with E-state index in [1.165, 1.54) is 0 Å². The maximum atomic E-state index is 4.84. The van der Waals surface area contributed by atoms with Gasteiger partial charge in [-0.1, -0.05) is 0 Å². The van der Waals surface area contributed by atoms with Crippen molar-refractivity contribution in [2.24, 2.45) is 0 Å². The van der Waals surface area contributed by atoms with Crippen LogP contribution in [-0.4, -0.2) is 44.1 Å². The predicted molar refractivity (Wildman–Crippen MR) is 48.4 cm³/mol. The number of likely N-dealkylation sites (N-methyl/N-ethyl adjacent to an activating group) is 1. The van der Waals surface area contributed by atoms with Gasteiger partial charge in [-0.2, -0.15) is 0 Å². The van der Waals surface area contributed by atoms with Crippen molar-refractivity contribution in [3.8, 4) is 0 Å². The molecule has 2 nitrogen and oxygen atoms in total. The van der Waals surface area contributed by atoms with Crippen LogP contribution in [0, 0.1) is 0 Å². The van der Waals surface area contributed by atoms with E-state index in [9.17, 15) is 0 Å². The van der Waals surface area contributed by atoms with E-state index in [0.717, 1.165) is 30.7 Å². The van der Waals surface area contributed by atoms with Gasteiger partial charge in [-0.15, -0.1) is 0 Å². The van der Waals surface area contributed by atoms with E-state index >= 15 is 0 Å². The Morgan fingerprint density at radius 3 is 1.82 bits per heavy atom. The SMILES string of the molecule is CC[N+](CC)(CC)C[C-]=[O+]C. The molecular formula is C9H20NO+. The van der Waals surface area contributed by atoms with Crippen LogP contribution >= 0.6 is 0 Å². The van der Waals surface area contributed by atoms with Crippen molar-refractivity contribution < 1.29 is 8.91 Å². The van der Waals surface area contributed by atoms with Gasteiger partial charge in [0.25, 0.3) is 0 Å². The van der Waals surface area contributed by atoms with Gasteiger partial charge in [0.1, 0.15) is 0 Å². The molecule has 2 heteroatoms. The first-order valence-corrected chi connectivity index (χ1v) is 4.35. The normalized spacial score (nSPS) is 12.7. The Hall–Kier alpha value is -0.370. The molecule has 0 aliphatic carbocycles. The third-order valence-corrected chi connectivity index (χ3v) is 2.56. The van der Waals surface area contributed by atoms with Gasteiger partial charge in [-0.25, -0.2) is 0 Å². The summed E-state index contributed by atoms with van der Waals surface area (Å²) in [6.45, 7) is 11.0. The van der Waals surface area contributed by atoms with E-state index in [4.69, 9.17) is 4.42 Å². The Bertz CT molecular complexity index is 108. The van der Waals surface area contributed by atoms with Crippen molar-refractivity contribution in [1.82, 2.24) is 0 Å². The lowest BCUT2D eigenvalue weighted by Crippen LogP contribution is -2.48. The maximum Gasteiger partial charge on any atom is 0.208 e. The molecule has 0 saturated heterocycles. The van der Waals surface area contributed by atoms with Gasteiger partial charge in [-0.05, 0) is 20.8 Å². The monoisotopic (exact) mass is 158 g/mol. The molecule has 0 aromatic heterocycles. The minimum atomic E-state index is 0.903. The van der Waals surface area contributed by atoms with Crippen LogP contribution in [0.4, 0.5) is 0 Å². The van der Waals surface area contributed by atoms with Crippen molar-refractivity contribution in [3.63, 3.8) is 0 Å². The molecule has 0 aliphatic rings. The standard InChI is InChI=1S/C9H20NO/c1-5-10(6-2,7-3)8-9-11-4/h5-8H2,1-4H3/q+1. The smallest absolute Gasteiger partial charge is 0.208 e. The molecule has 0 radical (unpaired) electrons. The van der Waals surface area contributed by atoms with Crippen LogP contribution in [0.5, 0.6) is 0 Å². The summed E-state index contributed by atoms with van der Waals surface area (Å²) in [5.41, 5.74) is 0. The highest BCUT2D eigenvalue weighted by atomic mass is 16.4. The predicted octanol–water partition coefficient (Wildman–Crippen LogP) is 1.14. The molecule has 0 spiro atoms. The summed E-state index contributed by atoms with van der Waals surface area (Å²) in [7, 11) is 1.66. The molecule has 0 unspecified atom stereocenters. The molecule has 0 N–H and O–H groups in total. The van der Waals surface area contributed by atoms with Crippen molar-refractivity contribution in [2.75, 3.05) is 33.3 Å². The quantitative estimate of drug-likeness (QED) is 0.323. The van der Waals surface area contributed by atoms with Crippen molar-refractivity contribution >= 4 is 6.29 Å². The van der Waals surface area contributed by atoms with E-state index in [0.29, 0.717) is 0 Å². The summed E-state index contributed by atoms with van der Waals surface area (Å²) in [5.74, 6) is 0. The Balaban J connectivity index is 4.04. The van der Waals surface area contributed by atoms with Gasteiger partial charge in [0.15, 0.2) is 0 Å². The lowest BCUT2D eigenvalue weighted by atomic mass is 10.3. The summed E-state index contributed by atoms with van der Waals surface area (Å²) in [5, 5.41) is 0. The second kappa shape index (κ2) is 5.30. The zero-order chi connectivity index (χ0) is 8.74. The first-order chi connectivity index (χ1) is 5.24. The summed E-state index contributed by atoms with van der Waals surface area (Å²) in [4.78, 5) is 0. The molecule has 11 heavy (non-hydrogen) atoms. The fraction of sp³-hybridized carbons (Fsp3) is 0.889. The first kappa shape index (κ1) is 10.6. The molecule has 66 valence electrons. The minimum Gasteiger partial charge on any atom is -0.454 e. The summed E-state index contributed by atoms with van der Waals surface area (Å²) < 4.78 is 5.91. The number of nitrogens with zero attached hydrogens (tertiary/aromatic N) is 1. The fourth-order valence-corrected chi connectivity index (χ4v) is 1.21. The molecule has 0 aromatic rings. The molecule has 0 fully saturated rings. The third kappa shape index (κ3) is 3.02. The molecular weight excluding hydrogens is 138 g/mol. The molecule has 0 bridgehead atoms. The highest BCUT2D eigenvalue weighted by Crippen LogP contribution is 2.02. The first-order valence-electron chi connectivity index (χ1n) is 4.35. The van der Waals surface area contributed by atoms with Gasteiger partial charge in [-0.3, -0.25) is 0 Å². The zero-order valence-corrected chi connectivity index (χ0v) is 8.18. The highest BCUT2D eigenvalue weighted by molar-refractivity contribution is 5.52. The summed E-state index contributed by atoms with van der Waals surface area (Å²) in [6.07, 6.45) is 2.91. The Labute approximate surface area is 70.1 Å². The second-order valence-corrected chi connectivity index (χ2v) is 2.80. The van der Waals surface area contributed by atoms with Gasteiger partial charge in [0.05, 0.1) is 19.6 Å². The van der Waals surface area contributed by atoms with E-state index in [1.807, 2.05) is 0 Å². The molecule has 0 aliphatic heterocycles. The summed E-state index contributed by atoms with van der Waals surface area (Å²) >= 11 is 0. The topological polar surface area (TPSA) is 11.3 Å².